The second kappa shape index (κ2) is 10.7. The van der Waals surface area contributed by atoms with Crippen molar-refractivity contribution < 1.29 is 4.79 Å². The Morgan fingerprint density at radius 3 is 2.54 bits per heavy atom. The van der Waals surface area contributed by atoms with Crippen molar-refractivity contribution in [1.82, 2.24) is 9.47 Å². The molecule has 2 N–H and O–H groups in total. The van der Waals surface area contributed by atoms with Gasteiger partial charge in [0.25, 0.3) is 11.5 Å². The van der Waals surface area contributed by atoms with Gasteiger partial charge >= 0.3 is 0 Å². The Morgan fingerprint density at radius 1 is 1.08 bits per heavy atom. The number of hydrogen-bond acceptors (Lipinski definition) is 6. The molecule has 2 aliphatic heterocycles. The molecule has 7 nitrogen and oxygen atoms in total. The van der Waals surface area contributed by atoms with Gasteiger partial charge in [0, 0.05) is 41.9 Å². The van der Waals surface area contributed by atoms with E-state index in [2.05, 4.69) is 43.4 Å². The van der Waals surface area contributed by atoms with Crippen LogP contribution in [-0.2, 0) is 12.5 Å². The Morgan fingerprint density at radius 2 is 1.82 bits per heavy atom. The van der Waals surface area contributed by atoms with Gasteiger partial charge in [-0.3, -0.25) is 14.6 Å². The van der Waals surface area contributed by atoms with Crippen molar-refractivity contribution >= 4 is 34.2 Å². The summed E-state index contributed by atoms with van der Waals surface area (Å²) in [5.41, 5.74) is 5.74. The number of rotatable bonds is 4. The van der Waals surface area contributed by atoms with Crippen LogP contribution in [0.3, 0.4) is 0 Å². The first-order valence-electron chi connectivity index (χ1n) is 13.4. The number of amidine groups is 1. The number of nitrogens with zero attached hydrogens (tertiary/aromatic N) is 3. The summed E-state index contributed by atoms with van der Waals surface area (Å²) in [5.74, 6) is -0.151. The molecule has 0 radical (unpaired) electrons. The van der Waals surface area contributed by atoms with E-state index in [9.17, 15) is 9.59 Å². The number of hydrogen-bond donors (Lipinski definition) is 2. The van der Waals surface area contributed by atoms with Gasteiger partial charge in [-0.1, -0.05) is 56.8 Å². The van der Waals surface area contributed by atoms with Gasteiger partial charge in [-0.2, -0.15) is 0 Å². The lowest BCUT2D eigenvalue weighted by Crippen LogP contribution is -2.40. The number of piperidine rings is 1. The van der Waals surface area contributed by atoms with Crippen LogP contribution in [0.4, 0.5) is 11.4 Å². The van der Waals surface area contributed by atoms with Crippen molar-refractivity contribution in [3.05, 3.63) is 81.8 Å². The predicted molar refractivity (Wildman–Crippen MR) is 163 cm³/mol. The lowest BCUT2D eigenvalue weighted by molar-refractivity contribution is 0.102. The van der Waals surface area contributed by atoms with Crippen molar-refractivity contribution in [2.45, 2.75) is 50.8 Å². The van der Waals surface area contributed by atoms with E-state index >= 15 is 0 Å². The summed E-state index contributed by atoms with van der Waals surface area (Å²) in [6.45, 7) is 10.5. The number of aryl methyl sites for hydroxylation is 1. The molecule has 0 aliphatic carbocycles. The molecule has 8 heteroatoms. The maximum Gasteiger partial charge on any atom is 0.274 e. The Hall–Kier alpha value is -3.36. The van der Waals surface area contributed by atoms with Crippen LogP contribution in [0, 0.1) is 6.92 Å². The summed E-state index contributed by atoms with van der Waals surface area (Å²) in [6.07, 6.45) is 2.88. The molecule has 2 aliphatic rings. The highest BCUT2D eigenvalue weighted by atomic mass is 32.2. The van der Waals surface area contributed by atoms with Gasteiger partial charge in [-0.15, -0.1) is 0 Å². The van der Waals surface area contributed by atoms with Crippen LogP contribution >= 0.6 is 11.8 Å². The van der Waals surface area contributed by atoms with Crippen molar-refractivity contribution in [3.8, 4) is 11.1 Å². The second-order valence-electron chi connectivity index (χ2n) is 11.7. The van der Waals surface area contributed by atoms with E-state index in [-0.39, 0.29) is 16.9 Å². The topological polar surface area (TPSA) is 78.7 Å². The molecule has 5 rings (SSSR count). The quantitative estimate of drug-likeness (QED) is 0.455. The summed E-state index contributed by atoms with van der Waals surface area (Å²) in [6, 6.07) is 15.8. The summed E-state index contributed by atoms with van der Waals surface area (Å²) in [5, 5.41) is 7.63. The van der Waals surface area contributed by atoms with E-state index in [1.54, 1.807) is 23.4 Å². The molecule has 2 atom stereocenters. The molecule has 3 aromatic rings. The van der Waals surface area contributed by atoms with Gasteiger partial charge in [0.1, 0.15) is 5.69 Å². The third kappa shape index (κ3) is 5.82. The molecule has 0 spiro atoms. The van der Waals surface area contributed by atoms with Crippen molar-refractivity contribution in [3.63, 3.8) is 0 Å². The largest absolute Gasteiger partial charge is 0.330 e. The van der Waals surface area contributed by atoms with Gasteiger partial charge in [0.15, 0.2) is 5.17 Å². The standard InChI is InChI=1S/C31H37N5O2S/c1-19-23(8-7-9-24(19)32-28(37)20-10-12-22(13-11-20)31(2,3)4)21-16-26(29(38)36(6)17-21)34-30-33-25-14-15-35(5)18-27(25)39-30/h7-13,16-17,25,27H,14-15,18H2,1-6H3,(H,32,37)(H,33,34). The normalized spacial score (nSPS) is 19.4. The van der Waals surface area contributed by atoms with Crippen LogP contribution in [0.25, 0.3) is 11.1 Å². The second-order valence-corrected chi connectivity index (χ2v) is 12.9. The summed E-state index contributed by atoms with van der Waals surface area (Å²) in [4.78, 5) is 33.3. The number of fused-ring (bicyclic) bond motifs is 1. The lowest BCUT2D eigenvalue weighted by atomic mass is 9.86. The van der Waals surface area contributed by atoms with Crippen LogP contribution in [0.2, 0.25) is 0 Å². The summed E-state index contributed by atoms with van der Waals surface area (Å²) < 4.78 is 1.60. The van der Waals surface area contributed by atoms with Crippen LogP contribution < -0.4 is 16.2 Å². The first-order chi connectivity index (χ1) is 18.5. The predicted octanol–water partition coefficient (Wildman–Crippen LogP) is 5.50. The number of likely N-dealkylation sites (tertiary alicyclic amines) is 1. The Bertz CT molecular complexity index is 1490. The SMILES string of the molecule is Cc1c(NC(=O)c2ccc(C(C)(C)C)cc2)cccc1-c1cc(NC2=NC3CCN(C)CC3S2)c(=O)n(C)c1. The number of benzene rings is 2. The van der Waals surface area contributed by atoms with E-state index in [1.807, 2.05) is 61.7 Å². The molecule has 0 bridgehead atoms. The Labute approximate surface area is 234 Å². The molecule has 1 aromatic heterocycles. The maximum atomic E-state index is 13.1. The van der Waals surface area contributed by atoms with Gasteiger partial charge in [-0.05, 0) is 73.3 Å². The number of amides is 1. The molecule has 2 unspecified atom stereocenters. The maximum absolute atomic E-state index is 13.1. The van der Waals surface area contributed by atoms with E-state index in [0.717, 1.165) is 47.1 Å². The summed E-state index contributed by atoms with van der Waals surface area (Å²) >= 11 is 1.72. The molecular formula is C31H37N5O2S. The number of carbonyl (C=O) groups excluding carboxylic acids is 1. The number of thioether (sulfide) groups is 1. The molecule has 1 amide bonds. The number of aromatic nitrogens is 1. The highest BCUT2D eigenvalue weighted by molar-refractivity contribution is 8.15. The van der Waals surface area contributed by atoms with Crippen LogP contribution in [0.15, 0.2) is 64.5 Å². The third-order valence-corrected chi connectivity index (χ3v) is 8.80. The smallest absolute Gasteiger partial charge is 0.274 e. The number of nitrogens with one attached hydrogen (secondary N) is 2. The molecule has 3 heterocycles. The number of anilines is 2. The zero-order valence-electron chi connectivity index (χ0n) is 23.5. The van der Waals surface area contributed by atoms with Crippen molar-refractivity contribution in [2.24, 2.45) is 12.0 Å². The van der Waals surface area contributed by atoms with Crippen LogP contribution in [0.1, 0.15) is 48.7 Å². The van der Waals surface area contributed by atoms with E-state index < -0.39 is 0 Å². The molecular weight excluding hydrogens is 506 g/mol. The van der Waals surface area contributed by atoms with E-state index in [0.29, 0.717) is 22.5 Å². The van der Waals surface area contributed by atoms with Gasteiger partial charge in [-0.25, -0.2) is 0 Å². The minimum Gasteiger partial charge on any atom is -0.330 e. The minimum atomic E-state index is -0.151. The van der Waals surface area contributed by atoms with Gasteiger partial charge in [0.05, 0.1) is 6.04 Å². The first-order valence-corrected chi connectivity index (χ1v) is 14.3. The fraction of sp³-hybridized carbons (Fsp3) is 0.387. The van der Waals surface area contributed by atoms with Gasteiger partial charge < -0.3 is 20.1 Å². The highest BCUT2D eigenvalue weighted by Gasteiger charge is 2.34. The van der Waals surface area contributed by atoms with Crippen LogP contribution in [0.5, 0.6) is 0 Å². The minimum absolute atomic E-state index is 0.0292. The lowest BCUT2D eigenvalue weighted by Gasteiger charge is -2.29. The number of carbonyl (C=O) groups is 1. The molecule has 2 aromatic carbocycles. The fourth-order valence-corrected chi connectivity index (χ4v) is 6.51. The molecule has 39 heavy (non-hydrogen) atoms. The molecule has 1 fully saturated rings. The Balaban J connectivity index is 1.38. The third-order valence-electron chi connectivity index (χ3n) is 7.60. The molecule has 1 saturated heterocycles. The highest BCUT2D eigenvalue weighted by Crippen LogP contribution is 2.34. The zero-order valence-corrected chi connectivity index (χ0v) is 24.4. The summed E-state index contributed by atoms with van der Waals surface area (Å²) in [7, 11) is 3.90. The van der Waals surface area contributed by atoms with Crippen molar-refractivity contribution in [1.29, 1.82) is 0 Å². The average molecular weight is 544 g/mol. The number of aliphatic imine (C=N–C) groups is 1. The first kappa shape index (κ1) is 27.2. The fourth-order valence-electron chi connectivity index (χ4n) is 5.17. The van der Waals surface area contributed by atoms with Crippen molar-refractivity contribution in [2.75, 3.05) is 30.8 Å². The van der Waals surface area contributed by atoms with Gasteiger partial charge in [0.2, 0.25) is 0 Å². The average Bonchev–Trinajstić information content (AvgIpc) is 3.28. The van der Waals surface area contributed by atoms with E-state index in [1.165, 1.54) is 5.56 Å². The molecule has 0 saturated carbocycles. The molecule has 204 valence electrons. The van der Waals surface area contributed by atoms with Crippen LogP contribution in [-0.4, -0.2) is 52.0 Å². The zero-order chi connectivity index (χ0) is 27.9. The number of pyridine rings is 1. The van der Waals surface area contributed by atoms with E-state index in [4.69, 9.17) is 4.99 Å². The monoisotopic (exact) mass is 543 g/mol. The Kier molecular flexibility index (Phi) is 7.44.